The number of benzene rings is 2. The van der Waals surface area contributed by atoms with E-state index in [1.807, 2.05) is 36.4 Å². The highest BCUT2D eigenvalue weighted by atomic mass is 32.2. The highest BCUT2D eigenvalue weighted by molar-refractivity contribution is 7.99. The maximum Gasteiger partial charge on any atom is 0.263 e. The van der Waals surface area contributed by atoms with Gasteiger partial charge >= 0.3 is 0 Å². The predicted octanol–water partition coefficient (Wildman–Crippen LogP) is 3.19. The highest BCUT2D eigenvalue weighted by Gasteiger charge is 2.45. The minimum atomic E-state index is -1.04. The number of ketones is 2. The third kappa shape index (κ3) is 10.3. The average Bonchev–Trinajstić information content (AvgIpc) is 3.54. The Balaban J connectivity index is 0.886. The molecule has 0 spiro atoms. The van der Waals surface area contributed by atoms with Crippen molar-refractivity contribution < 1.29 is 38.3 Å². The Labute approximate surface area is 358 Å². The van der Waals surface area contributed by atoms with Crippen molar-refractivity contribution in [3.8, 4) is 0 Å². The molecule has 7 rings (SSSR count). The second-order valence-corrected chi connectivity index (χ2v) is 16.8. The van der Waals surface area contributed by atoms with Crippen molar-refractivity contribution >= 4 is 64.6 Å². The molecule has 4 aliphatic rings. The number of anilines is 1. The van der Waals surface area contributed by atoms with Crippen molar-refractivity contribution in [2.24, 2.45) is 5.41 Å². The Kier molecular flexibility index (Phi) is 14.5. The molecular formula is C45H51N7O8S. The number of Topliss-reactive ketones (excluding diaryl/α,β-unsaturated/α-hetero) is 2. The van der Waals surface area contributed by atoms with Crippen LogP contribution in [0.15, 0.2) is 78.0 Å². The van der Waals surface area contributed by atoms with Gasteiger partial charge in [-0.15, -0.1) is 11.8 Å². The van der Waals surface area contributed by atoms with E-state index >= 15 is 0 Å². The zero-order valence-electron chi connectivity index (χ0n) is 34.0. The van der Waals surface area contributed by atoms with Crippen molar-refractivity contribution in [1.29, 1.82) is 0 Å². The van der Waals surface area contributed by atoms with Crippen molar-refractivity contribution in [1.82, 2.24) is 31.2 Å². The van der Waals surface area contributed by atoms with E-state index in [0.29, 0.717) is 42.4 Å². The first-order valence-corrected chi connectivity index (χ1v) is 21.9. The number of piperidine rings is 2. The molecule has 0 radical (unpaired) electrons. The Morgan fingerprint density at radius 3 is 2.54 bits per heavy atom. The van der Waals surface area contributed by atoms with Gasteiger partial charge in [-0.05, 0) is 99.3 Å². The monoisotopic (exact) mass is 849 g/mol. The average molecular weight is 850 g/mol. The summed E-state index contributed by atoms with van der Waals surface area (Å²) in [4.78, 5) is 98.3. The molecule has 2 unspecified atom stereocenters. The van der Waals surface area contributed by atoms with Crippen LogP contribution in [0.1, 0.15) is 81.6 Å². The lowest BCUT2D eigenvalue weighted by atomic mass is 9.70. The van der Waals surface area contributed by atoms with E-state index in [2.05, 4.69) is 31.2 Å². The first kappa shape index (κ1) is 43.5. The van der Waals surface area contributed by atoms with Gasteiger partial charge in [-0.25, -0.2) is 0 Å². The molecule has 1 aromatic heterocycles. The molecule has 5 amide bonds. The molecular weight excluding hydrogens is 799 g/mol. The number of nitrogens with zero attached hydrogens (tertiary/aromatic N) is 3. The van der Waals surface area contributed by atoms with E-state index in [4.69, 9.17) is 4.74 Å². The first-order valence-electron chi connectivity index (χ1n) is 20.9. The standard InChI is InChI=1S/C45H51N7O8S/c53-36(29-60-25-26-61-37-7-3-6-33-40(37)44(59)52(43(33)58)34-13-15-39(55)50-42(34)57)35-28-48-23-24-51(35)32-11-9-31(10-12-32)41(56)45(17-21-46-22-18-45)16-1-2-20-49-38(54)14-8-30-5-4-19-47-27-30/h3-12,14,19,27,34-35,46,48H,1-2,13,15-18,20-26,28-29H2,(H,49,54)(H,50,55,57)/b14-8+. The lowest BCUT2D eigenvalue weighted by Gasteiger charge is -2.38. The molecule has 15 nitrogen and oxygen atoms in total. The number of ether oxygens (including phenoxy) is 1. The van der Waals surface area contributed by atoms with Gasteiger partial charge in [-0.1, -0.05) is 18.6 Å². The molecule has 61 heavy (non-hydrogen) atoms. The summed E-state index contributed by atoms with van der Waals surface area (Å²) in [5, 5.41) is 11.8. The highest BCUT2D eigenvalue weighted by Crippen LogP contribution is 2.39. The number of carbonyl (C=O) groups is 7. The topological polar surface area (TPSA) is 196 Å². The molecule has 4 N–H and O–H groups in total. The van der Waals surface area contributed by atoms with Gasteiger partial charge < -0.3 is 25.6 Å². The smallest absolute Gasteiger partial charge is 0.263 e. The summed E-state index contributed by atoms with van der Waals surface area (Å²) in [6.45, 7) is 3.91. The molecule has 0 aliphatic carbocycles. The van der Waals surface area contributed by atoms with Gasteiger partial charge in [-0.3, -0.25) is 48.8 Å². The summed E-state index contributed by atoms with van der Waals surface area (Å²) < 4.78 is 5.83. The van der Waals surface area contributed by atoms with Gasteiger partial charge in [0.2, 0.25) is 17.7 Å². The fraction of sp³-hybridized carbons (Fsp3) is 0.422. The largest absolute Gasteiger partial charge is 0.373 e. The molecule has 5 heterocycles. The number of unbranched alkanes of at least 4 members (excludes halogenated alkanes) is 1. The minimum Gasteiger partial charge on any atom is -0.373 e. The van der Waals surface area contributed by atoms with Crippen LogP contribution in [-0.2, 0) is 23.9 Å². The number of imide groups is 2. The normalized spacial score (nSPS) is 20.1. The third-order valence-corrected chi connectivity index (χ3v) is 12.8. The maximum atomic E-state index is 14.2. The fourth-order valence-electron chi connectivity index (χ4n) is 8.50. The molecule has 16 heteroatoms. The second kappa shape index (κ2) is 20.3. The van der Waals surface area contributed by atoms with E-state index < -0.39 is 41.1 Å². The quantitative estimate of drug-likeness (QED) is 0.0480. The van der Waals surface area contributed by atoms with Crippen LogP contribution >= 0.6 is 11.8 Å². The number of piperazine rings is 1. The number of aromatic nitrogens is 1. The van der Waals surface area contributed by atoms with Gasteiger partial charge in [0.15, 0.2) is 11.6 Å². The molecule has 2 aromatic carbocycles. The summed E-state index contributed by atoms with van der Waals surface area (Å²) in [5.41, 5.74) is 2.31. The van der Waals surface area contributed by atoms with Crippen LogP contribution in [0, 0.1) is 5.41 Å². The Morgan fingerprint density at radius 2 is 1.77 bits per heavy atom. The number of hydrogen-bond donors (Lipinski definition) is 4. The lowest BCUT2D eigenvalue weighted by Crippen LogP contribution is -2.56. The van der Waals surface area contributed by atoms with E-state index in [9.17, 15) is 33.6 Å². The van der Waals surface area contributed by atoms with Gasteiger partial charge in [0.25, 0.3) is 11.8 Å². The number of amides is 5. The Morgan fingerprint density at radius 1 is 0.951 bits per heavy atom. The first-order chi connectivity index (χ1) is 29.6. The predicted molar refractivity (Wildman–Crippen MR) is 229 cm³/mol. The Bertz CT molecular complexity index is 2160. The van der Waals surface area contributed by atoms with Gasteiger partial charge in [-0.2, -0.15) is 0 Å². The maximum absolute atomic E-state index is 14.2. The van der Waals surface area contributed by atoms with Gasteiger partial charge in [0.05, 0.1) is 17.7 Å². The molecule has 3 saturated heterocycles. The van der Waals surface area contributed by atoms with Crippen molar-refractivity contribution in [3.63, 3.8) is 0 Å². The number of nitrogens with one attached hydrogen (secondary N) is 4. The molecule has 2 atom stereocenters. The van der Waals surface area contributed by atoms with Crippen LogP contribution in [0.25, 0.3) is 6.08 Å². The van der Waals surface area contributed by atoms with E-state index in [-0.39, 0.29) is 54.7 Å². The van der Waals surface area contributed by atoms with Crippen LogP contribution in [-0.4, -0.2) is 121 Å². The summed E-state index contributed by atoms with van der Waals surface area (Å²) in [7, 11) is 0. The zero-order chi connectivity index (χ0) is 42.8. The zero-order valence-corrected chi connectivity index (χ0v) is 34.8. The van der Waals surface area contributed by atoms with Crippen molar-refractivity contribution in [2.45, 2.75) is 61.9 Å². The summed E-state index contributed by atoms with van der Waals surface area (Å²) in [5.74, 6) is -1.93. The van der Waals surface area contributed by atoms with Crippen LogP contribution in [0.5, 0.6) is 0 Å². The summed E-state index contributed by atoms with van der Waals surface area (Å²) >= 11 is 1.32. The Hall–Kier alpha value is -5.55. The summed E-state index contributed by atoms with van der Waals surface area (Å²) in [6, 6.07) is 14.7. The lowest BCUT2D eigenvalue weighted by molar-refractivity contribution is -0.136. The van der Waals surface area contributed by atoms with Gasteiger partial charge in [0, 0.05) is 78.4 Å². The van der Waals surface area contributed by atoms with Crippen molar-refractivity contribution in [3.05, 3.63) is 95.3 Å². The van der Waals surface area contributed by atoms with Crippen molar-refractivity contribution in [2.75, 3.05) is 63.1 Å². The molecule has 3 fully saturated rings. The van der Waals surface area contributed by atoms with Gasteiger partial charge in [0.1, 0.15) is 18.7 Å². The van der Waals surface area contributed by atoms with E-state index in [1.165, 1.54) is 17.8 Å². The molecule has 0 bridgehead atoms. The van der Waals surface area contributed by atoms with Crippen LogP contribution in [0.2, 0.25) is 0 Å². The molecule has 320 valence electrons. The van der Waals surface area contributed by atoms with E-state index in [1.54, 1.807) is 36.7 Å². The number of fused-ring (bicyclic) bond motifs is 1. The molecule has 0 saturated carbocycles. The third-order valence-electron chi connectivity index (χ3n) is 11.8. The number of carbonyl (C=O) groups excluding carboxylic acids is 7. The summed E-state index contributed by atoms with van der Waals surface area (Å²) in [6.07, 6.45) is 10.5. The number of pyridine rings is 1. The number of hydrogen-bond acceptors (Lipinski definition) is 13. The minimum absolute atomic E-state index is 0.0442. The molecule has 3 aromatic rings. The second-order valence-electron chi connectivity index (χ2n) is 15.7. The van der Waals surface area contributed by atoms with E-state index in [0.717, 1.165) is 61.3 Å². The SMILES string of the molecule is O=C(/C=C/c1cccnc1)NCCCCC1(C(=O)c2ccc(N3CCNCC3C(=O)COCCSc3cccc4c3C(=O)N(C3CCC(=O)NC3=O)C4=O)cc2)CCNCC1. The molecule has 4 aliphatic heterocycles. The van der Waals surface area contributed by atoms with Crippen LogP contribution in [0.3, 0.4) is 0 Å². The van der Waals surface area contributed by atoms with Crippen LogP contribution < -0.4 is 26.2 Å². The fourth-order valence-corrected chi connectivity index (χ4v) is 9.43. The van der Waals surface area contributed by atoms with Crippen LogP contribution in [0.4, 0.5) is 5.69 Å². The number of thioether (sulfide) groups is 1. The number of rotatable bonds is 18.